The molecule has 1 unspecified atom stereocenters. The molecule has 2 rings (SSSR count). The Balaban J connectivity index is 1.81. The Kier molecular flexibility index (Phi) is 7.33. The number of ether oxygens (including phenoxy) is 2. The Morgan fingerprint density at radius 2 is 1.64 bits per heavy atom. The van der Waals surface area contributed by atoms with E-state index >= 15 is 0 Å². The third-order valence-corrected chi connectivity index (χ3v) is 3.84. The maximum Gasteiger partial charge on any atom is 0.265 e. The third-order valence-electron chi connectivity index (χ3n) is 3.84. The van der Waals surface area contributed by atoms with Crippen molar-refractivity contribution in [2.75, 3.05) is 11.9 Å². The summed E-state index contributed by atoms with van der Waals surface area (Å²) in [5.74, 6) is 1.32. The molecule has 4 nitrogen and oxygen atoms in total. The smallest absolute Gasteiger partial charge is 0.265 e. The zero-order chi connectivity index (χ0) is 18.1. The summed E-state index contributed by atoms with van der Waals surface area (Å²) in [7, 11) is 0. The van der Waals surface area contributed by atoms with Gasteiger partial charge in [0.2, 0.25) is 0 Å². The van der Waals surface area contributed by atoms with Gasteiger partial charge in [0.05, 0.1) is 6.61 Å². The average molecular weight is 341 g/mol. The summed E-state index contributed by atoms with van der Waals surface area (Å²) in [5, 5.41) is 2.86. The molecule has 0 aliphatic heterocycles. The highest BCUT2D eigenvalue weighted by molar-refractivity contribution is 5.94. The topological polar surface area (TPSA) is 47.6 Å². The maximum atomic E-state index is 12.2. The van der Waals surface area contributed by atoms with E-state index in [-0.39, 0.29) is 5.91 Å². The van der Waals surface area contributed by atoms with E-state index in [1.807, 2.05) is 55.5 Å². The minimum atomic E-state index is -0.576. The van der Waals surface area contributed by atoms with Crippen LogP contribution >= 0.6 is 0 Å². The van der Waals surface area contributed by atoms with Crippen LogP contribution in [-0.2, 0) is 4.79 Å². The van der Waals surface area contributed by atoms with Crippen LogP contribution in [0.3, 0.4) is 0 Å². The molecule has 0 saturated heterocycles. The number of hydrogen-bond donors (Lipinski definition) is 1. The molecule has 2 aromatic rings. The predicted octanol–water partition coefficient (Wildman–Crippen LogP) is 4.97. The summed E-state index contributed by atoms with van der Waals surface area (Å²) in [6.45, 7) is 6.64. The lowest BCUT2D eigenvalue weighted by Crippen LogP contribution is -2.30. The molecule has 1 amide bonds. The van der Waals surface area contributed by atoms with E-state index in [0.29, 0.717) is 5.75 Å². The Hall–Kier alpha value is -2.49. The minimum absolute atomic E-state index is 0.183. The molecular weight excluding hydrogens is 314 g/mol. The van der Waals surface area contributed by atoms with Crippen LogP contribution in [-0.4, -0.2) is 18.6 Å². The number of rotatable bonds is 9. The number of hydrogen-bond acceptors (Lipinski definition) is 3. The lowest BCUT2D eigenvalue weighted by atomic mass is 10.2. The van der Waals surface area contributed by atoms with Crippen LogP contribution in [0.1, 0.15) is 38.7 Å². The van der Waals surface area contributed by atoms with Gasteiger partial charge in [-0.05, 0) is 56.7 Å². The Morgan fingerprint density at radius 1 is 1.00 bits per heavy atom. The standard InChI is InChI=1S/C21H27NO3/c1-4-5-6-15-24-19-13-9-18(10-14-19)22-21(23)17(3)25-20-11-7-16(2)8-12-20/h7-14,17H,4-6,15H2,1-3H3,(H,22,23). The SMILES string of the molecule is CCCCCOc1ccc(NC(=O)C(C)Oc2ccc(C)cc2)cc1. The van der Waals surface area contributed by atoms with E-state index < -0.39 is 6.10 Å². The number of nitrogens with one attached hydrogen (secondary N) is 1. The summed E-state index contributed by atoms with van der Waals surface area (Å²) in [5.41, 5.74) is 1.88. The van der Waals surface area contributed by atoms with Crippen LogP contribution in [0, 0.1) is 6.92 Å². The first kappa shape index (κ1) is 18.8. The number of amides is 1. The van der Waals surface area contributed by atoms with Crippen LogP contribution in [0.25, 0.3) is 0 Å². The van der Waals surface area contributed by atoms with E-state index in [0.717, 1.165) is 30.0 Å². The molecule has 0 fully saturated rings. The van der Waals surface area contributed by atoms with Gasteiger partial charge >= 0.3 is 0 Å². The number of benzene rings is 2. The van der Waals surface area contributed by atoms with Crippen molar-refractivity contribution < 1.29 is 14.3 Å². The van der Waals surface area contributed by atoms with Gasteiger partial charge < -0.3 is 14.8 Å². The molecule has 0 aliphatic rings. The van der Waals surface area contributed by atoms with Crippen molar-refractivity contribution in [3.63, 3.8) is 0 Å². The molecule has 0 aliphatic carbocycles. The van der Waals surface area contributed by atoms with Gasteiger partial charge in [-0.1, -0.05) is 37.5 Å². The largest absolute Gasteiger partial charge is 0.494 e. The van der Waals surface area contributed by atoms with Crippen LogP contribution in [0.2, 0.25) is 0 Å². The molecule has 0 radical (unpaired) electrons. The van der Waals surface area contributed by atoms with Gasteiger partial charge in [-0.25, -0.2) is 0 Å². The Morgan fingerprint density at radius 3 is 2.28 bits per heavy atom. The zero-order valence-electron chi connectivity index (χ0n) is 15.2. The summed E-state index contributed by atoms with van der Waals surface area (Å²) in [6, 6.07) is 15.1. The zero-order valence-corrected chi connectivity index (χ0v) is 15.2. The molecule has 0 heterocycles. The molecule has 0 aromatic heterocycles. The van der Waals surface area contributed by atoms with Crippen molar-refractivity contribution in [3.8, 4) is 11.5 Å². The van der Waals surface area contributed by atoms with Crippen molar-refractivity contribution in [2.45, 2.75) is 46.1 Å². The van der Waals surface area contributed by atoms with E-state index in [1.54, 1.807) is 6.92 Å². The first-order valence-corrected chi connectivity index (χ1v) is 8.85. The van der Waals surface area contributed by atoms with Crippen molar-refractivity contribution >= 4 is 11.6 Å². The van der Waals surface area contributed by atoms with E-state index in [4.69, 9.17) is 9.47 Å². The summed E-state index contributed by atoms with van der Waals surface area (Å²) < 4.78 is 11.3. The molecular formula is C21H27NO3. The fourth-order valence-electron chi connectivity index (χ4n) is 2.29. The fourth-order valence-corrected chi connectivity index (χ4v) is 2.29. The fraction of sp³-hybridized carbons (Fsp3) is 0.381. The summed E-state index contributed by atoms with van der Waals surface area (Å²) in [6.07, 6.45) is 2.83. The molecule has 0 bridgehead atoms. The first-order chi connectivity index (χ1) is 12.1. The highest BCUT2D eigenvalue weighted by Gasteiger charge is 2.14. The van der Waals surface area contributed by atoms with Crippen LogP contribution in [0.15, 0.2) is 48.5 Å². The van der Waals surface area contributed by atoms with Gasteiger partial charge in [-0.2, -0.15) is 0 Å². The van der Waals surface area contributed by atoms with E-state index in [1.165, 1.54) is 12.8 Å². The normalized spacial score (nSPS) is 11.6. The second kappa shape index (κ2) is 9.72. The first-order valence-electron chi connectivity index (χ1n) is 8.85. The quantitative estimate of drug-likeness (QED) is 0.655. The van der Waals surface area contributed by atoms with Gasteiger partial charge in [0.15, 0.2) is 6.10 Å². The second-order valence-electron chi connectivity index (χ2n) is 6.14. The Labute approximate surface area is 150 Å². The summed E-state index contributed by atoms with van der Waals surface area (Å²) in [4.78, 5) is 12.2. The number of unbranched alkanes of at least 4 members (excludes halogenated alkanes) is 2. The molecule has 0 spiro atoms. The van der Waals surface area contributed by atoms with Crippen LogP contribution < -0.4 is 14.8 Å². The number of carbonyl (C=O) groups excluding carboxylic acids is 1. The molecule has 1 N–H and O–H groups in total. The maximum absolute atomic E-state index is 12.2. The van der Waals surface area contributed by atoms with Crippen molar-refractivity contribution in [1.29, 1.82) is 0 Å². The summed E-state index contributed by atoms with van der Waals surface area (Å²) >= 11 is 0. The van der Waals surface area contributed by atoms with Gasteiger partial charge in [0.25, 0.3) is 5.91 Å². The molecule has 0 saturated carbocycles. The number of carbonyl (C=O) groups is 1. The predicted molar refractivity (Wildman–Crippen MR) is 101 cm³/mol. The van der Waals surface area contributed by atoms with Crippen molar-refractivity contribution in [2.24, 2.45) is 0 Å². The van der Waals surface area contributed by atoms with E-state index in [2.05, 4.69) is 12.2 Å². The highest BCUT2D eigenvalue weighted by Crippen LogP contribution is 2.18. The third kappa shape index (κ3) is 6.49. The number of anilines is 1. The van der Waals surface area contributed by atoms with Crippen molar-refractivity contribution in [1.82, 2.24) is 0 Å². The van der Waals surface area contributed by atoms with Crippen LogP contribution in [0.5, 0.6) is 11.5 Å². The molecule has 2 aromatic carbocycles. The monoisotopic (exact) mass is 341 g/mol. The Bertz CT molecular complexity index is 650. The lowest BCUT2D eigenvalue weighted by molar-refractivity contribution is -0.122. The molecule has 25 heavy (non-hydrogen) atoms. The molecule has 134 valence electrons. The lowest BCUT2D eigenvalue weighted by Gasteiger charge is -2.15. The van der Waals surface area contributed by atoms with Crippen molar-refractivity contribution in [3.05, 3.63) is 54.1 Å². The van der Waals surface area contributed by atoms with Gasteiger partial charge in [0.1, 0.15) is 11.5 Å². The van der Waals surface area contributed by atoms with Gasteiger partial charge in [-0.15, -0.1) is 0 Å². The molecule has 1 atom stereocenters. The highest BCUT2D eigenvalue weighted by atomic mass is 16.5. The second-order valence-corrected chi connectivity index (χ2v) is 6.14. The van der Waals surface area contributed by atoms with Gasteiger partial charge in [0, 0.05) is 5.69 Å². The number of aryl methyl sites for hydroxylation is 1. The van der Waals surface area contributed by atoms with Gasteiger partial charge in [-0.3, -0.25) is 4.79 Å². The molecule has 4 heteroatoms. The minimum Gasteiger partial charge on any atom is -0.494 e. The van der Waals surface area contributed by atoms with Crippen LogP contribution in [0.4, 0.5) is 5.69 Å². The average Bonchev–Trinajstić information content (AvgIpc) is 2.62. The van der Waals surface area contributed by atoms with E-state index in [9.17, 15) is 4.79 Å².